The molecule has 0 aliphatic carbocycles. The highest BCUT2D eigenvalue weighted by atomic mass is 32.2. The van der Waals surface area contributed by atoms with Gasteiger partial charge in [0.15, 0.2) is 0 Å². The minimum atomic E-state index is -3.53. The fourth-order valence-corrected chi connectivity index (χ4v) is 4.45. The van der Waals surface area contributed by atoms with Gasteiger partial charge in [-0.2, -0.15) is 0 Å². The highest BCUT2D eigenvalue weighted by Crippen LogP contribution is 2.35. The predicted octanol–water partition coefficient (Wildman–Crippen LogP) is 2.88. The van der Waals surface area contributed by atoms with Gasteiger partial charge in [-0.3, -0.25) is 0 Å². The molecule has 3 rings (SSSR count). The van der Waals surface area contributed by atoms with Crippen LogP contribution in [-0.4, -0.2) is 47.1 Å². The number of benzene rings is 2. The van der Waals surface area contributed by atoms with Crippen LogP contribution in [0.5, 0.6) is 5.75 Å². The molecule has 2 aromatic carbocycles. The zero-order valence-corrected chi connectivity index (χ0v) is 16.1. The maximum atomic E-state index is 12.8. The Labute approximate surface area is 155 Å². The average molecular weight is 375 g/mol. The van der Waals surface area contributed by atoms with E-state index in [2.05, 4.69) is 24.3 Å². The summed E-state index contributed by atoms with van der Waals surface area (Å²) in [6, 6.07) is 13.9. The maximum Gasteiger partial charge on any atom is 0.206 e. The van der Waals surface area contributed by atoms with Gasteiger partial charge in [0, 0.05) is 18.0 Å². The molecule has 0 saturated heterocycles. The number of sulfone groups is 1. The Kier molecular flexibility index (Phi) is 5.96. The van der Waals surface area contributed by atoms with Crippen LogP contribution >= 0.6 is 0 Å². The first kappa shape index (κ1) is 18.9. The molecule has 6 heteroatoms. The summed E-state index contributed by atoms with van der Waals surface area (Å²) in [4.78, 5) is 2.74. The van der Waals surface area contributed by atoms with Crippen LogP contribution in [0.4, 0.5) is 0 Å². The summed E-state index contributed by atoms with van der Waals surface area (Å²) >= 11 is 0. The van der Waals surface area contributed by atoms with E-state index in [0.717, 1.165) is 31.5 Å². The van der Waals surface area contributed by atoms with Gasteiger partial charge in [0.05, 0.1) is 16.4 Å². The van der Waals surface area contributed by atoms with Crippen LogP contribution in [-0.2, 0) is 9.84 Å². The van der Waals surface area contributed by atoms with E-state index in [1.165, 1.54) is 0 Å². The third-order valence-electron chi connectivity index (χ3n) is 4.56. The van der Waals surface area contributed by atoms with Gasteiger partial charge in [-0.15, -0.1) is 0 Å². The molecule has 26 heavy (non-hydrogen) atoms. The van der Waals surface area contributed by atoms with E-state index in [-0.39, 0.29) is 10.9 Å². The molecule has 0 fully saturated rings. The van der Waals surface area contributed by atoms with Gasteiger partial charge in [0.1, 0.15) is 5.75 Å². The fraction of sp³-hybridized carbons (Fsp3) is 0.400. The van der Waals surface area contributed by atoms with Gasteiger partial charge >= 0.3 is 0 Å². The van der Waals surface area contributed by atoms with Gasteiger partial charge < -0.3 is 15.0 Å². The first-order chi connectivity index (χ1) is 12.5. The van der Waals surface area contributed by atoms with Crippen molar-refractivity contribution in [1.29, 1.82) is 0 Å². The van der Waals surface area contributed by atoms with Crippen LogP contribution in [0.15, 0.2) is 58.3 Å². The summed E-state index contributed by atoms with van der Waals surface area (Å²) in [5.41, 5.74) is 1.04. The minimum Gasteiger partial charge on any atom is -0.493 e. The Bertz CT molecular complexity index is 835. The molecule has 2 aromatic rings. The second-order valence-corrected chi connectivity index (χ2v) is 8.77. The Morgan fingerprint density at radius 1 is 1.12 bits per heavy atom. The molecule has 1 aliphatic rings. The fourth-order valence-electron chi connectivity index (χ4n) is 3.16. The molecule has 140 valence electrons. The molecular formula is C20H26N2O3S. The quantitative estimate of drug-likeness (QED) is 0.755. The van der Waals surface area contributed by atoms with Gasteiger partial charge in [-0.25, -0.2) is 8.42 Å². The largest absolute Gasteiger partial charge is 0.493 e. The Hall–Kier alpha value is -1.89. The Morgan fingerprint density at radius 2 is 1.88 bits per heavy atom. The number of nitrogens with one attached hydrogen (secondary N) is 1. The average Bonchev–Trinajstić information content (AvgIpc) is 2.65. The smallest absolute Gasteiger partial charge is 0.206 e. The lowest BCUT2D eigenvalue weighted by Gasteiger charge is -2.27. The topological polar surface area (TPSA) is 58.6 Å². The van der Waals surface area contributed by atoms with E-state index in [0.29, 0.717) is 17.3 Å². The summed E-state index contributed by atoms with van der Waals surface area (Å²) in [6.07, 6.45) is 1.96. The summed E-state index contributed by atoms with van der Waals surface area (Å²) in [5.74, 6) is 0.665. The van der Waals surface area contributed by atoms with Crippen molar-refractivity contribution < 1.29 is 13.2 Å². The second kappa shape index (κ2) is 8.20. The lowest BCUT2D eigenvalue weighted by atomic mass is 10.0. The number of fused-ring (bicyclic) bond motifs is 1. The van der Waals surface area contributed by atoms with Gasteiger partial charge in [-0.05, 0) is 57.9 Å². The summed E-state index contributed by atoms with van der Waals surface area (Å²) in [5, 5.41) is 3.57. The molecule has 1 atom stereocenters. The lowest BCUT2D eigenvalue weighted by molar-refractivity contribution is 0.250. The summed E-state index contributed by atoms with van der Waals surface area (Å²) < 4.78 is 31.4. The first-order valence-electron chi connectivity index (χ1n) is 8.93. The molecule has 0 aromatic heterocycles. The van der Waals surface area contributed by atoms with Gasteiger partial charge in [-0.1, -0.05) is 24.3 Å². The first-order valence-corrected chi connectivity index (χ1v) is 10.4. The SMILES string of the molecule is CN(C)CCCNC1CCOc2cc(S(=O)(=O)c3ccccc3)ccc21. The van der Waals surface area contributed by atoms with Crippen molar-refractivity contribution in [2.24, 2.45) is 0 Å². The number of rotatable bonds is 7. The monoisotopic (exact) mass is 374 g/mol. The van der Waals surface area contributed by atoms with Crippen molar-refractivity contribution in [3.05, 3.63) is 54.1 Å². The maximum absolute atomic E-state index is 12.8. The molecule has 0 spiro atoms. The molecule has 0 radical (unpaired) electrons. The molecule has 0 saturated carbocycles. The second-order valence-electron chi connectivity index (χ2n) is 6.82. The van der Waals surface area contributed by atoms with Crippen LogP contribution in [0.2, 0.25) is 0 Å². The van der Waals surface area contributed by atoms with E-state index in [1.807, 2.05) is 12.1 Å². The molecule has 0 bridgehead atoms. The third-order valence-corrected chi connectivity index (χ3v) is 6.33. The van der Waals surface area contributed by atoms with Crippen LogP contribution in [0.3, 0.4) is 0 Å². The normalized spacial score (nSPS) is 17.0. The van der Waals surface area contributed by atoms with E-state index in [9.17, 15) is 8.42 Å². The standard InChI is InChI=1S/C20H26N2O3S/c1-22(2)13-6-12-21-19-11-14-25-20-15-17(9-10-18(19)20)26(23,24)16-7-4-3-5-8-16/h3-5,7-10,15,19,21H,6,11-14H2,1-2H3. The number of ether oxygens (including phenoxy) is 1. The zero-order chi connectivity index (χ0) is 18.6. The Morgan fingerprint density at radius 3 is 2.62 bits per heavy atom. The van der Waals surface area contributed by atoms with Crippen molar-refractivity contribution >= 4 is 9.84 Å². The van der Waals surface area contributed by atoms with Gasteiger partial charge in [0.2, 0.25) is 9.84 Å². The van der Waals surface area contributed by atoms with E-state index < -0.39 is 9.84 Å². The van der Waals surface area contributed by atoms with E-state index in [1.54, 1.807) is 36.4 Å². The molecule has 0 amide bonds. The van der Waals surface area contributed by atoms with Crippen molar-refractivity contribution in [3.8, 4) is 5.75 Å². The number of hydrogen-bond acceptors (Lipinski definition) is 5. The van der Waals surface area contributed by atoms with Crippen LogP contribution in [0, 0.1) is 0 Å². The molecule has 1 aliphatic heterocycles. The third kappa shape index (κ3) is 4.26. The molecule has 1 heterocycles. The minimum absolute atomic E-state index is 0.203. The van der Waals surface area contributed by atoms with Crippen LogP contribution in [0.25, 0.3) is 0 Å². The molecule has 1 unspecified atom stereocenters. The van der Waals surface area contributed by atoms with Crippen LogP contribution < -0.4 is 10.1 Å². The van der Waals surface area contributed by atoms with Crippen molar-refractivity contribution in [2.45, 2.75) is 28.7 Å². The zero-order valence-electron chi connectivity index (χ0n) is 15.3. The summed E-state index contributed by atoms with van der Waals surface area (Å²) in [6.45, 7) is 2.55. The highest BCUT2D eigenvalue weighted by molar-refractivity contribution is 7.91. The molecule has 1 N–H and O–H groups in total. The number of nitrogens with zero attached hydrogens (tertiary/aromatic N) is 1. The number of hydrogen-bond donors (Lipinski definition) is 1. The van der Waals surface area contributed by atoms with Gasteiger partial charge in [0.25, 0.3) is 0 Å². The Balaban J connectivity index is 1.78. The van der Waals surface area contributed by atoms with Crippen molar-refractivity contribution in [3.63, 3.8) is 0 Å². The predicted molar refractivity (Wildman–Crippen MR) is 102 cm³/mol. The van der Waals surface area contributed by atoms with E-state index in [4.69, 9.17) is 4.74 Å². The lowest BCUT2D eigenvalue weighted by Crippen LogP contribution is -2.29. The summed E-state index contributed by atoms with van der Waals surface area (Å²) in [7, 11) is 0.610. The highest BCUT2D eigenvalue weighted by Gasteiger charge is 2.24. The van der Waals surface area contributed by atoms with Crippen molar-refractivity contribution in [1.82, 2.24) is 10.2 Å². The van der Waals surface area contributed by atoms with Crippen molar-refractivity contribution in [2.75, 3.05) is 33.8 Å². The molecular weight excluding hydrogens is 348 g/mol. The molecule has 5 nitrogen and oxygen atoms in total. The van der Waals surface area contributed by atoms with Crippen LogP contribution in [0.1, 0.15) is 24.4 Å². The van der Waals surface area contributed by atoms with E-state index >= 15 is 0 Å².